The molecule has 1 aromatic heterocycles. The van der Waals surface area contributed by atoms with E-state index in [0.717, 1.165) is 10.5 Å². The van der Waals surface area contributed by atoms with Crippen LogP contribution in [0.25, 0.3) is 11.4 Å². The summed E-state index contributed by atoms with van der Waals surface area (Å²) >= 11 is 9.00. The molecule has 2 aromatic carbocycles. The molecule has 0 saturated carbocycles. The Morgan fingerprint density at radius 1 is 1.07 bits per heavy atom. The molecule has 0 radical (unpaired) electrons. The minimum atomic E-state index is -0.245. The molecule has 0 atom stereocenters. The quantitative estimate of drug-likeness (QED) is 0.262. The highest BCUT2D eigenvalue weighted by Gasteiger charge is 2.17. The highest BCUT2D eigenvalue weighted by molar-refractivity contribution is 7.98. The number of amidine groups is 1. The third-order valence-corrected chi connectivity index (χ3v) is 5.66. The Morgan fingerprint density at radius 2 is 1.75 bits per heavy atom. The number of halogens is 1. The van der Waals surface area contributed by atoms with Gasteiger partial charge in [0.05, 0.1) is 5.69 Å². The second-order valence-electron chi connectivity index (χ2n) is 5.71. The first-order valence-electron chi connectivity index (χ1n) is 8.41. The van der Waals surface area contributed by atoms with Crippen LogP contribution in [0.4, 0.5) is 5.69 Å². The molecule has 0 bridgehead atoms. The lowest BCUT2D eigenvalue weighted by atomic mass is 10.2. The van der Waals surface area contributed by atoms with E-state index in [1.54, 1.807) is 43.1 Å². The summed E-state index contributed by atoms with van der Waals surface area (Å²) in [5.41, 5.74) is 1.72. The van der Waals surface area contributed by atoms with Crippen molar-refractivity contribution in [3.05, 3.63) is 69.5 Å². The number of aliphatic imine (C=N–C) groups is 1. The Morgan fingerprint density at radius 3 is 2.32 bits per heavy atom. The van der Waals surface area contributed by atoms with Gasteiger partial charge in [-0.15, -0.1) is 23.5 Å². The monoisotopic (exact) mass is 430 g/mol. The van der Waals surface area contributed by atoms with Gasteiger partial charge < -0.3 is 10.3 Å². The van der Waals surface area contributed by atoms with E-state index in [1.165, 1.54) is 11.8 Å². The van der Waals surface area contributed by atoms with Gasteiger partial charge >= 0.3 is 0 Å². The molecule has 0 aliphatic carbocycles. The molecular weight excluding hydrogens is 412 g/mol. The fourth-order valence-corrected chi connectivity index (χ4v) is 3.69. The number of hydrogen-bond donors (Lipinski definition) is 2. The molecular formula is C20H19ClN4OS2. The number of rotatable bonds is 5. The van der Waals surface area contributed by atoms with Crippen molar-refractivity contribution < 1.29 is 0 Å². The summed E-state index contributed by atoms with van der Waals surface area (Å²) in [5.74, 6) is 0.984. The summed E-state index contributed by atoms with van der Waals surface area (Å²) in [7, 11) is 1.73. The Bertz CT molecular complexity index is 1050. The molecule has 144 valence electrons. The largest absolute Gasteiger partial charge is 0.372 e. The van der Waals surface area contributed by atoms with E-state index in [2.05, 4.69) is 20.3 Å². The first-order chi connectivity index (χ1) is 13.5. The van der Waals surface area contributed by atoms with Gasteiger partial charge in [0.2, 0.25) is 0 Å². The molecule has 0 aliphatic rings. The maximum atomic E-state index is 12.9. The van der Waals surface area contributed by atoms with Crippen molar-refractivity contribution >= 4 is 46.6 Å². The van der Waals surface area contributed by atoms with Crippen molar-refractivity contribution in [2.45, 2.75) is 9.92 Å². The Kier molecular flexibility index (Phi) is 6.83. The van der Waals surface area contributed by atoms with Gasteiger partial charge in [-0.05, 0) is 48.9 Å². The molecule has 5 nitrogen and oxygen atoms in total. The molecule has 28 heavy (non-hydrogen) atoms. The van der Waals surface area contributed by atoms with E-state index in [0.29, 0.717) is 33.0 Å². The van der Waals surface area contributed by atoms with Crippen LogP contribution in [-0.4, -0.2) is 35.4 Å². The zero-order chi connectivity index (χ0) is 20.1. The fourth-order valence-electron chi connectivity index (χ4n) is 2.58. The first-order valence-corrected chi connectivity index (χ1v) is 11.2. The van der Waals surface area contributed by atoms with E-state index >= 15 is 0 Å². The average Bonchev–Trinajstić information content (AvgIpc) is 2.73. The predicted molar refractivity (Wildman–Crippen MR) is 121 cm³/mol. The van der Waals surface area contributed by atoms with Gasteiger partial charge in [0.1, 0.15) is 22.2 Å². The number of nitrogens with one attached hydrogen (secondary N) is 2. The predicted octanol–water partition coefficient (Wildman–Crippen LogP) is 4.83. The van der Waals surface area contributed by atoms with Crippen LogP contribution >= 0.6 is 35.1 Å². The number of H-pyrrole nitrogens is 1. The smallest absolute Gasteiger partial charge is 0.263 e. The highest BCUT2D eigenvalue weighted by Crippen LogP contribution is 2.24. The summed E-state index contributed by atoms with van der Waals surface area (Å²) in [6.07, 6.45) is 3.91. The van der Waals surface area contributed by atoms with Crippen LogP contribution in [0.2, 0.25) is 5.02 Å². The Labute approximate surface area is 177 Å². The van der Waals surface area contributed by atoms with Crippen molar-refractivity contribution in [2.24, 2.45) is 4.99 Å². The van der Waals surface area contributed by atoms with Crippen molar-refractivity contribution in [1.82, 2.24) is 15.3 Å². The summed E-state index contributed by atoms with van der Waals surface area (Å²) in [4.78, 5) is 26.2. The van der Waals surface area contributed by atoms with Crippen LogP contribution in [0, 0.1) is 0 Å². The van der Waals surface area contributed by atoms with Gasteiger partial charge in [0, 0.05) is 22.5 Å². The minimum absolute atomic E-state index is 0.245. The molecule has 2 N–H and O–H groups in total. The maximum Gasteiger partial charge on any atom is 0.263 e. The second kappa shape index (κ2) is 9.32. The summed E-state index contributed by atoms with van der Waals surface area (Å²) in [5, 5.41) is 4.25. The standard InChI is InChI=1S/C20H19ClN4OS2/c1-22-18(23-14-8-6-13(21)7-9-14)16-19(26)24-17(25-20(16)28-3)12-4-10-15(27-2)11-5-12/h4-11H,1-3H3,(H,22,23)(H,24,25,26). The van der Waals surface area contributed by atoms with Crippen molar-refractivity contribution in [1.29, 1.82) is 0 Å². The van der Waals surface area contributed by atoms with E-state index in [1.807, 2.05) is 36.8 Å². The van der Waals surface area contributed by atoms with Crippen molar-refractivity contribution in [2.75, 3.05) is 19.6 Å². The Balaban J connectivity index is 2.07. The van der Waals surface area contributed by atoms with Gasteiger partial charge in [0.25, 0.3) is 5.56 Å². The van der Waals surface area contributed by atoms with E-state index in [4.69, 9.17) is 11.6 Å². The molecule has 0 spiro atoms. The molecule has 3 rings (SSSR count). The molecule has 3 aromatic rings. The lowest BCUT2D eigenvalue weighted by Crippen LogP contribution is -2.29. The zero-order valence-electron chi connectivity index (χ0n) is 15.6. The van der Waals surface area contributed by atoms with Crippen molar-refractivity contribution in [3.63, 3.8) is 0 Å². The molecule has 0 unspecified atom stereocenters. The lowest BCUT2D eigenvalue weighted by Gasteiger charge is -2.11. The van der Waals surface area contributed by atoms with Crippen LogP contribution in [0.1, 0.15) is 5.56 Å². The van der Waals surface area contributed by atoms with Gasteiger partial charge in [0.15, 0.2) is 0 Å². The van der Waals surface area contributed by atoms with Gasteiger partial charge in [-0.25, -0.2) is 9.98 Å². The zero-order valence-corrected chi connectivity index (χ0v) is 18.0. The molecule has 0 saturated heterocycles. The normalized spacial score (nSPS) is 11.5. The molecule has 0 fully saturated rings. The molecule has 1 heterocycles. The molecule has 0 aliphatic heterocycles. The number of aromatic nitrogens is 2. The minimum Gasteiger partial charge on any atom is -0.372 e. The topological polar surface area (TPSA) is 70.1 Å². The van der Waals surface area contributed by atoms with Crippen molar-refractivity contribution in [3.8, 4) is 11.4 Å². The first kappa shape index (κ1) is 20.5. The fraction of sp³-hybridized carbons (Fsp3) is 0.150. The second-order valence-corrected chi connectivity index (χ2v) is 7.83. The lowest BCUT2D eigenvalue weighted by molar-refractivity contribution is 0.996. The highest BCUT2D eigenvalue weighted by atomic mass is 35.5. The Hall–Kier alpha value is -2.22. The van der Waals surface area contributed by atoms with E-state index in [9.17, 15) is 4.79 Å². The van der Waals surface area contributed by atoms with Crippen LogP contribution in [-0.2, 0) is 0 Å². The SMILES string of the molecule is CNC(=Nc1ccc(Cl)cc1)c1c(SC)nc(-c2ccc(SC)cc2)[nH]c1=O. The van der Waals surface area contributed by atoms with Crippen LogP contribution in [0.5, 0.6) is 0 Å². The van der Waals surface area contributed by atoms with Crippen LogP contribution in [0.3, 0.4) is 0 Å². The summed E-state index contributed by atoms with van der Waals surface area (Å²) in [6.45, 7) is 0. The molecule has 0 amide bonds. The maximum absolute atomic E-state index is 12.9. The van der Waals surface area contributed by atoms with E-state index in [-0.39, 0.29) is 5.56 Å². The average molecular weight is 431 g/mol. The van der Waals surface area contributed by atoms with E-state index < -0.39 is 0 Å². The third kappa shape index (κ3) is 4.60. The number of benzene rings is 2. The number of hydrogen-bond acceptors (Lipinski definition) is 5. The van der Waals surface area contributed by atoms with Crippen LogP contribution in [0.15, 0.2) is 68.2 Å². The number of thioether (sulfide) groups is 2. The number of nitrogens with zero attached hydrogens (tertiary/aromatic N) is 2. The van der Waals surface area contributed by atoms with Crippen LogP contribution < -0.4 is 10.9 Å². The summed E-state index contributed by atoms with van der Waals surface area (Å²) in [6, 6.07) is 15.0. The molecule has 8 heteroatoms. The van der Waals surface area contributed by atoms with Gasteiger partial charge in [-0.2, -0.15) is 0 Å². The van der Waals surface area contributed by atoms with Gasteiger partial charge in [-0.1, -0.05) is 23.7 Å². The summed E-state index contributed by atoms with van der Waals surface area (Å²) < 4.78 is 0. The third-order valence-electron chi connectivity index (χ3n) is 3.98. The number of aromatic amines is 1. The van der Waals surface area contributed by atoms with Gasteiger partial charge in [-0.3, -0.25) is 4.79 Å².